The van der Waals surface area contributed by atoms with Gasteiger partial charge in [-0.25, -0.2) is 0 Å². The maximum atomic E-state index is 9.05. The molecule has 0 amide bonds. The number of pyridine rings is 1. The van der Waals surface area contributed by atoms with Crippen molar-refractivity contribution in [3.8, 4) is 5.75 Å². The van der Waals surface area contributed by atoms with Crippen LogP contribution < -0.4 is 0 Å². The molecule has 0 fully saturated rings. The van der Waals surface area contributed by atoms with Gasteiger partial charge in [-0.1, -0.05) is 6.92 Å². The van der Waals surface area contributed by atoms with Gasteiger partial charge in [0.25, 0.3) is 0 Å². The molecule has 0 aliphatic heterocycles. The van der Waals surface area contributed by atoms with Crippen LogP contribution >= 0.6 is 0 Å². The maximum Gasteiger partial charge on any atom is 0.133 e. The van der Waals surface area contributed by atoms with Crippen LogP contribution in [-0.4, -0.2) is 10.1 Å². The van der Waals surface area contributed by atoms with E-state index in [-0.39, 0.29) is 18.3 Å². The zero-order valence-electron chi connectivity index (χ0n) is 8.10. The van der Waals surface area contributed by atoms with E-state index in [2.05, 4.69) is 4.98 Å². The molecule has 0 spiro atoms. The lowest BCUT2D eigenvalue weighted by molar-refractivity contribution is 0.472. The number of aromatic hydroxyl groups is 1. The summed E-state index contributed by atoms with van der Waals surface area (Å²) in [4.78, 5) is 3.66. The Morgan fingerprint density at radius 1 is 1.78 bits per heavy atom. The molecule has 2 nitrogen and oxygen atoms in total. The van der Waals surface area contributed by atoms with Crippen molar-refractivity contribution in [3.05, 3.63) is 24.0 Å². The summed E-state index contributed by atoms with van der Waals surface area (Å²) in [5.74, 6) is -0.516. The van der Waals surface area contributed by atoms with Gasteiger partial charge in [0.15, 0.2) is 0 Å². The Morgan fingerprint density at radius 3 is 3.22 bits per heavy atom. The SMILES string of the molecule is [2H]c1nc(CC)c([2H])c([2H])c1O. The van der Waals surface area contributed by atoms with Crippen LogP contribution in [0, 0.1) is 0 Å². The Bertz CT molecular complexity index is 314. The average Bonchev–Trinajstić information content (AvgIpc) is 2.08. The molecule has 1 aromatic heterocycles. The van der Waals surface area contributed by atoms with Gasteiger partial charge in [0, 0.05) is 5.69 Å². The van der Waals surface area contributed by atoms with E-state index < -0.39 is 5.75 Å². The van der Waals surface area contributed by atoms with Crippen LogP contribution in [0.2, 0.25) is 0 Å². The van der Waals surface area contributed by atoms with Crippen molar-refractivity contribution in [2.75, 3.05) is 0 Å². The summed E-state index contributed by atoms with van der Waals surface area (Å²) in [5.41, 5.74) is 0.378. The fourth-order valence-electron chi connectivity index (χ4n) is 0.475. The van der Waals surface area contributed by atoms with E-state index in [1.165, 1.54) is 0 Å². The lowest BCUT2D eigenvalue weighted by Gasteiger charge is -1.92. The van der Waals surface area contributed by atoms with Crippen LogP contribution in [0.15, 0.2) is 18.3 Å². The van der Waals surface area contributed by atoms with E-state index in [0.29, 0.717) is 12.1 Å². The third-order valence-corrected chi connectivity index (χ3v) is 0.957. The standard InChI is InChI=1S/C7H9NO/c1-2-6-3-4-7(9)5-8-6/h3-5,9H,2H2,1H3/i3D,4D,5D. The second kappa shape index (κ2) is 2.49. The fourth-order valence-corrected chi connectivity index (χ4v) is 0.475. The van der Waals surface area contributed by atoms with Crippen molar-refractivity contribution in [2.45, 2.75) is 13.3 Å². The summed E-state index contributed by atoms with van der Waals surface area (Å²) in [6.07, 6.45) is 0.171. The number of nitrogens with zero attached hydrogens (tertiary/aromatic N) is 1. The molecule has 0 aliphatic carbocycles. The van der Waals surface area contributed by atoms with Gasteiger partial charge >= 0.3 is 0 Å². The molecule has 0 saturated carbocycles. The highest BCUT2D eigenvalue weighted by atomic mass is 16.3. The molecule has 0 aliphatic rings. The molecule has 1 N–H and O–H groups in total. The number of aromatic nitrogens is 1. The summed E-state index contributed by atoms with van der Waals surface area (Å²) >= 11 is 0. The number of hydrogen-bond acceptors (Lipinski definition) is 2. The molecule has 9 heavy (non-hydrogen) atoms. The van der Waals surface area contributed by atoms with Crippen molar-refractivity contribution in [1.82, 2.24) is 4.98 Å². The summed E-state index contributed by atoms with van der Waals surface area (Å²) in [6, 6.07) is -0.405. The molecule has 1 rings (SSSR count). The molecule has 0 radical (unpaired) electrons. The summed E-state index contributed by atoms with van der Waals surface area (Å²) in [7, 11) is 0. The van der Waals surface area contributed by atoms with E-state index in [4.69, 9.17) is 9.22 Å². The molecule has 1 aromatic rings. The summed E-state index contributed by atoms with van der Waals surface area (Å²) < 4.78 is 21.7. The predicted molar refractivity (Wildman–Crippen MR) is 35.3 cm³/mol. The average molecular weight is 126 g/mol. The lowest BCUT2D eigenvalue weighted by atomic mass is 10.3. The predicted octanol–water partition coefficient (Wildman–Crippen LogP) is 1.35. The van der Waals surface area contributed by atoms with Crippen LogP contribution in [0.3, 0.4) is 0 Å². The van der Waals surface area contributed by atoms with Crippen LogP contribution in [0.1, 0.15) is 16.7 Å². The third kappa shape index (κ3) is 1.42. The first-order chi connectivity index (χ1) is 5.57. The minimum absolute atomic E-state index is 0.0917. The van der Waals surface area contributed by atoms with Crippen LogP contribution in [0.25, 0.3) is 0 Å². The maximum absolute atomic E-state index is 9.05. The Balaban J connectivity index is 3.39. The Hall–Kier alpha value is -1.05. The molecular formula is C7H9NO. The highest BCUT2D eigenvalue weighted by molar-refractivity contribution is 5.17. The first-order valence-electron chi connectivity index (χ1n) is 4.23. The number of hydrogen-bond donors (Lipinski definition) is 1. The van der Waals surface area contributed by atoms with Crippen molar-refractivity contribution in [1.29, 1.82) is 0 Å². The van der Waals surface area contributed by atoms with Gasteiger partial charge in [-0.15, -0.1) is 0 Å². The van der Waals surface area contributed by atoms with Crippen molar-refractivity contribution < 1.29 is 9.22 Å². The summed E-state index contributed by atoms with van der Waals surface area (Å²) in [6.45, 7) is 1.79. The first kappa shape index (κ1) is 3.20. The fraction of sp³-hybridized carbons (Fsp3) is 0.286. The minimum atomic E-state index is -0.516. The van der Waals surface area contributed by atoms with Gasteiger partial charge in [-0.3, -0.25) is 4.98 Å². The molecule has 48 valence electrons. The molecular weight excluding hydrogens is 114 g/mol. The van der Waals surface area contributed by atoms with E-state index in [1.54, 1.807) is 6.92 Å². The Kier molecular flexibility index (Phi) is 0.884. The normalized spacial score (nSPS) is 14.1. The highest BCUT2D eigenvalue weighted by Crippen LogP contribution is 2.05. The van der Waals surface area contributed by atoms with E-state index in [0.717, 1.165) is 0 Å². The third-order valence-electron chi connectivity index (χ3n) is 0.957. The van der Waals surface area contributed by atoms with Gasteiger partial charge in [0.1, 0.15) is 5.75 Å². The van der Waals surface area contributed by atoms with Crippen molar-refractivity contribution in [2.24, 2.45) is 0 Å². The van der Waals surface area contributed by atoms with Crippen LogP contribution in [0.4, 0.5) is 0 Å². The second-order valence-corrected chi connectivity index (χ2v) is 1.62. The van der Waals surface area contributed by atoms with E-state index in [1.807, 2.05) is 0 Å². The minimum Gasteiger partial charge on any atom is -0.506 e. The lowest BCUT2D eigenvalue weighted by Crippen LogP contribution is -1.82. The Morgan fingerprint density at radius 2 is 2.56 bits per heavy atom. The first-order valence-corrected chi connectivity index (χ1v) is 2.73. The highest BCUT2D eigenvalue weighted by Gasteiger charge is 1.88. The van der Waals surface area contributed by atoms with E-state index >= 15 is 0 Å². The smallest absolute Gasteiger partial charge is 0.133 e. The van der Waals surface area contributed by atoms with Crippen LogP contribution in [-0.2, 0) is 6.42 Å². The number of rotatable bonds is 1. The van der Waals surface area contributed by atoms with E-state index in [9.17, 15) is 0 Å². The van der Waals surface area contributed by atoms with Gasteiger partial charge < -0.3 is 5.11 Å². The zero-order valence-corrected chi connectivity index (χ0v) is 5.10. The Labute approximate surface area is 58.4 Å². The topological polar surface area (TPSA) is 33.1 Å². The molecule has 0 unspecified atom stereocenters. The molecule has 2 heteroatoms. The van der Waals surface area contributed by atoms with Gasteiger partial charge in [-0.2, -0.15) is 0 Å². The van der Waals surface area contributed by atoms with Gasteiger partial charge in [-0.05, 0) is 18.5 Å². The monoisotopic (exact) mass is 126 g/mol. The second-order valence-electron chi connectivity index (χ2n) is 1.62. The van der Waals surface area contributed by atoms with Crippen molar-refractivity contribution >= 4 is 0 Å². The molecule has 0 saturated heterocycles. The van der Waals surface area contributed by atoms with Crippen molar-refractivity contribution in [3.63, 3.8) is 0 Å². The van der Waals surface area contributed by atoms with Gasteiger partial charge in [0.2, 0.25) is 0 Å². The largest absolute Gasteiger partial charge is 0.506 e. The molecule has 1 heterocycles. The molecule has 0 aromatic carbocycles. The summed E-state index contributed by atoms with van der Waals surface area (Å²) in [5, 5.41) is 9.05. The quantitative estimate of drug-likeness (QED) is 0.616. The number of aryl methyl sites for hydroxylation is 1. The zero-order chi connectivity index (χ0) is 9.30. The van der Waals surface area contributed by atoms with Gasteiger partial charge in [0.05, 0.1) is 10.3 Å². The molecule has 0 bridgehead atoms. The van der Waals surface area contributed by atoms with Crippen LogP contribution in [0.5, 0.6) is 5.75 Å². The molecule has 0 atom stereocenters.